The molecule has 0 fully saturated rings. The van der Waals surface area contributed by atoms with Crippen molar-refractivity contribution in [2.75, 3.05) is 6.26 Å². The fraction of sp³-hybridized carbons (Fsp3) is 0.143. The molecule has 0 atom stereocenters. The standard InChI is InChI=1S/C7H9N3O3S/c1-14(12,13)9-8-7(11)10-5-3-2-4-6-10/h2-6,9H,1H3/p+1. The van der Waals surface area contributed by atoms with Gasteiger partial charge in [-0.15, -0.1) is 5.43 Å². The van der Waals surface area contributed by atoms with Crippen molar-refractivity contribution in [1.82, 2.24) is 10.3 Å². The van der Waals surface area contributed by atoms with Crippen LogP contribution in [0.5, 0.6) is 0 Å². The number of aromatic nitrogens is 1. The van der Waals surface area contributed by atoms with E-state index in [9.17, 15) is 13.2 Å². The Morgan fingerprint density at radius 3 is 2.29 bits per heavy atom. The number of hydrogen-bond donors (Lipinski definition) is 2. The summed E-state index contributed by atoms with van der Waals surface area (Å²) in [6.07, 6.45) is 3.95. The molecule has 0 saturated carbocycles. The van der Waals surface area contributed by atoms with Gasteiger partial charge in [-0.05, 0) is 12.1 Å². The van der Waals surface area contributed by atoms with E-state index in [0.29, 0.717) is 0 Å². The summed E-state index contributed by atoms with van der Waals surface area (Å²) in [7, 11) is -3.42. The van der Waals surface area contributed by atoms with Crippen LogP contribution in [0.2, 0.25) is 0 Å². The van der Waals surface area contributed by atoms with Gasteiger partial charge >= 0.3 is 6.03 Å². The first kappa shape index (κ1) is 10.6. The smallest absolute Gasteiger partial charge is 0.209 e. The number of amides is 1. The molecule has 0 saturated heterocycles. The van der Waals surface area contributed by atoms with E-state index in [1.807, 2.05) is 10.3 Å². The normalized spacial score (nSPS) is 10.9. The van der Waals surface area contributed by atoms with E-state index in [2.05, 4.69) is 0 Å². The predicted octanol–water partition coefficient (Wildman–Crippen LogP) is -1.00. The van der Waals surface area contributed by atoms with E-state index in [1.165, 1.54) is 17.0 Å². The van der Waals surface area contributed by atoms with Crippen LogP contribution in [0, 0.1) is 0 Å². The molecule has 0 aliphatic heterocycles. The second kappa shape index (κ2) is 4.16. The maximum Gasteiger partial charge on any atom is 0.514 e. The first-order valence-electron chi connectivity index (χ1n) is 3.72. The zero-order valence-electron chi connectivity index (χ0n) is 7.47. The van der Waals surface area contributed by atoms with Gasteiger partial charge < -0.3 is 0 Å². The Morgan fingerprint density at radius 1 is 1.21 bits per heavy atom. The summed E-state index contributed by atoms with van der Waals surface area (Å²) in [6.45, 7) is 0. The van der Waals surface area contributed by atoms with E-state index in [0.717, 1.165) is 6.26 Å². The van der Waals surface area contributed by atoms with Crippen LogP contribution >= 0.6 is 0 Å². The van der Waals surface area contributed by atoms with Gasteiger partial charge in [-0.25, -0.2) is 8.42 Å². The quantitative estimate of drug-likeness (QED) is 0.491. The van der Waals surface area contributed by atoms with Crippen LogP contribution in [0.25, 0.3) is 0 Å². The minimum absolute atomic E-state index is 0.573. The molecule has 7 heteroatoms. The van der Waals surface area contributed by atoms with Crippen LogP contribution in [0.1, 0.15) is 0 Å². The third-order valence-corrected chi connectivity index (χ3v) is 1.77. The molecule has 1 rings (SSSR count). The van der Waals surface area contributed by atoms with Crippen molar-refractivity contribution in [2.45, 2.75) is 0 Å². The summed E-state index contributed by atoms with van der Waals surface area (Å²) in [5.41, 5.74) is 2.02. The monoisotopic (exact) mass is 216 g/mol. The third kappa shape index (κ3) is 3.50. The number of hydrazine groups is 1. The van der Waals surface area contributed by atoms with Crippen molar-refractivity contribution in [3.63, 3.8) is 0 Å². The topological polar surface area (TPSA) is 79.2 Å². The van der Waals surface area contributed by atoms with Gasteiger partial charge in [0.15, 0.2) is 0 Å². The molecular formula is C7H10N3O3S+. The highest BCUT2D eigenvalue weighted by molar-refractivity contribution is 7.88. The fourth-order valence-electron chi connectivity index (χ4n) is 0.735. The summed E-state index contributed by atoms with van der Waals surface area (Å²) >= 11 is 0. The van der Waals surface area contributed by atoms with Crippen LogP contribution in [0.3, 0.4) is 0 Å². The van der Waals surface area contributed by atoms with Gasteiger partial charge in [0.05, 0.1) is 18.6 Å². The largest absolute Gasteiger partial charge is 0.514 e. The molecule has 2 N–H and O–H groups in total. The molecule has 1 aromatic rings. The average molecular weight is 216 g/mol. The molecule has 1 heterocycles. The number of pyridine rings is 1. The zero-order chi connectivity index (χ0) is 10.6. The summed E-state index contributed by atoms with van der Waals surface area (Å²) in [6, 6.07) is 4.48. The van der Waals surface area contributed by atoms with Crippen molar-refractivity contribution in [3.8, 4) is 0 Å². The number of rotatable bonds is 2. The van der Waals surface area contributed by atoms with Crippen LogP contribution in [-0.2, 0) is 10.0 Å². The van der Waals surface area contributed by atoms with Crippen LogP contribution in [0.15, 0.2) is 30.6 Å². The van der Waals surface area contributed by atoms with Gasteiger partial charge in [-0.1, -0.05) is 10.9 Å². The van der Waals surface area contributed by atoms with E-state index in [-0.39, 0.29) is 0 Å². The highest BCUT2D eigenvalue weighted by atomic mass is 32.2. The van der Waals surface area contributed by atoms with Gasteiger partial charge in [0.2, 0.25) is 10.0 Å². The molecule has 6 nitrogen and oxygen atoms in total. The molecule has 0 aromatic carbocycles. The van der Waals surface area contributed by atoms with Crippen molar-refractivity contribution < 1.29 is 17.8 Å². The second-order valence-corrected chi connectivity index (χ2v) is 4.34. The molecule has 76 valence electrons. The minimum atomic E-state index is -3.42. The van der Waals surface area contributed by atoms with E-state index >= 15 is 0 Å². The number of sulfonamides is 1. The van der Waals surface area contributed by atoms with Crippen molar-refractivity contribution in [3.05, 3.63) is 30.6 Å². The maximum atomic E-state index is 11.2. The second-order valence-electron chi connectivity index (χ2n) is 2.59. The molecule has 1 amide bonds. The minimum Gasteiger partial charge on any atom is -0.209 e. The molecule has 0 spiro atoms. The van der Waals surface area contributed by atoms with Gasteiger partial charge in [0.25, 0.3) is 0 Å². The molecular weight excluding hydrogens is 206 g/mol. The lowest BCUT2D eigenvalue weighted by molar-refractivity contribution is -0.572. The van der Waals surface area contributed by atoms with Crippen molar-refractivity contribution in [1.29, 1.82) is 0 Å². The lowest BCUT2D eigenvalue weighted by atomic mass is 10.5. The molecule has 0 unspecified atom stereocenters. The number of carbonyl (C=O) groups excluding carboxylic acids is 1. The number of hydrogen-bond acceptors (Lipinski definition) is 3. The Kier molecular flexibility index (Phi) is 3.15. The van der Waals surface area contributed by atoms with Gasteiger partial charge in [0, 0.05) is 0 Å². The summed E-state index contributed by atoms with van der Waals surface area (Å²) in [5, 5.41) is 0. The van der Waals surface area contributed by atoms with Gasteiger partial charge in [-0.3, -0.25) is 0 Å². The Bertz CT molecular complexity index is 415. The Labute approximate surface area is 81.6 Å². The summed E-state index contributed by atoms with van der Waals surface area (Å²) in [4.78, 5) is 13.1. The van der Waals surface area contributed by atoms with Gasteiger partial charge in [0.1, 0.15) is 0 Å². The summed E-state index contributed by atoms with van der Waals surface area (Å²) in [5.74, 6) is 0. The molecule has 0 bridgehead atoms. The first-order valence-corrected chi connectivity index (χ1v) is 5.61. The summed E-state index contributed by atoms with van der Waals surface area (Å²) < 4.78 is 22.5. The Balaban J connectivity index is 2.61. The molecule has 14 heavy (non-hydrogen) atoms. The lowest BCUT2D eigenvalue weighted by Gasteiger charge is -1.97. The number of nitrogens with one attached hydrogen (secondary N) is 2. The number of carbonyl (C=O) groups is 1. The van der Waals surface area contributed by atoms with Crippen LogP contribution in [0.4, 0.5) is 4.79 Å². The number of nitrogens with zero attached hydrogens (tertiary/aromatic N) is 1. The average Bonchev–Trinajstić information content (AvgIpc) is 2.14. The molecule has 0 aliphatic carbocycles. The first-order chi connectivity index (χ1) is 6.49. The predicted molar refractivity (Wildman–Crippen MR) is 48.5 cm³/mol. The third-order valence-electron chi connectivity index (χ3n) is 1.29. The Hall–Kier alpha value is -1.47. The van der Waals surface area contributed by atoms with E-state index in [1.54, 1.807) is 18.2 Å². The van der Waals surface area contributed by atoms with Crippen molar-refractivity contribution >= 4 is 16.1 Å². The van der Waals surface area contributed by atoms with E-state index in [4.69, 9.17) is 0 Å². The van der Waals surface area contributed by atoms with Crippen LogP contribution in [-0.4, -0.2) is 20.7 Å². The maximum absolute atomic E-state index is 11.2. The lowest BCUT2D eigenvalue weighted by Crippen LogP contribution is -2.55. The highest BCUT2D eigenvalue weighted by Crippen LogP contribution is 1.76. The highest BCUT2D eigenvalue weighted by Gasteiger charge is 2.13. The molecule has 0 aliphatic rings. The van der Waals surface area contributed by atoms with Crippen LogP contribution < -0.4 is 14.8 Å². The molecule has 0 radical (unpaired) electrons. The van der Waals surface area contributed by atoms with Gasteiger partial charge in [-0.2, -0.15) is 9.36 Å². The molecule has 1 aromatic heterocycles. The zero-order valence-corrected chi connectivity index (χ0v) is 8.28. The Morgan fingerprint density at radius 2 is 1.79 bits per heavy atom. The SMILES string of the molecule is CS(=O)(=O)NNC(=O)[n+]1ccccc1. The van der Waals surface area contributed by atoms with E-state index < -0.39 is 16.1 Å². The van der Waals surface area contributed by atoms with Crippen molar-refractivity contribution in [2.24, 2.45) is 0 Å². The fourth-order valence-corrected chi connectivity index (χ4v) is 1.01.